The maximum atomic E-state index is 5.70. The fourth-order valence-corrected chi connectivity index (χ4v) is 2.50. The first-order valence-electron chi connectivity index (χ1n) is 9.48. The van der Waals surface area contributed by atoms with Crippen LogP contribution in [0.2, 0.25) is 0 Å². The molecule has 154 valence electrons. The van der Waals surface area contributed by atoms with Crippen LogP contribution in [0, 0.1) is 0 Å². The zero-order valence-electron chi connectivity index (χ0n) is 16.9. The number of hydrogen-bond acceptors (Lipinski definition) is 4. The van der Waals surface area contributed by atoms with Crippen LogP contribution in [0.15, 0.2) is 47.6 Å². The smallest absolute Gasteiger partial charge is 0.218 e. The van der Waals surface area contributed by atoms with E-state index in [4.69, 9.17) is 9.47 Å². The molecule has 0 radical (unpaired) electrons. The molecule has 0 bridgehead atoms. The number of aliphatic imine (C=N–C) groups is 1. The van der Waals surface area contributed by atoms with Crippen LogP contribution in [-0.4, -0.2) is 37.7 Å². The number of hydrogen-bond donors (Lipinski definition) is 2. The highest BCUT2D eigenvalue weighted by atomic mass is 127. The minimum atomic E-state index is 0. The Bertz CT molecular complexity index is 708. The van der Waals surface area contributed by atoms with Gasteiger partial charge in [-0.1, -0.05) is 25.1 Å². The SMILES string of the molecule is CCCOc1ncccc1CN=C(NCC)NCCc1ccc(OC)cc1.I. The van der Waals surface area contributed by atoms with Crippen LogP contribution in [0.1, 0.15) is 31.4 Å². The molecule has 0 amide bonds. The first-order valence-corrected chi connectivity index (χ1v) is 9.48. The van der Waals surface area contributed by atoms with E-state index in [0.29, 0.717) is 19.0 Å². The average Bonchev–Trinajstić information content (AvgIpc) is 2.71. The summed E-state index contributed by atoms with van der Waals surface area (Å²) in [5, 5.41) is 6.65. The number of nitrogens with one attached hydrogen (secondary N) is 2. The normalized spacial score (nSPS) is 10.8. The third kappa shape index (κ3) is 8.33. The molecule has 0 unspecified atom stereocenters. The number of pyridine rings is 1. The van der Waals surface area contributed by atoms with Gasteiger partial charge in [0.25, 0.3) is 0 Å². The van der Waals surface area contributed by atoms with Gasteiger partial charge in [0.1, 0.15) is 5.75 Å². The maximum Gasteiger partial charge on any atom is 0.218 e. The Morgan fingerprint density at radius 3 is 2.57 bits per heavy atom. The molecule has 2 aromatic rings. The zero-order valence-corrected chi connectivity index (χ0v) is 19.2. The van der Waals surface area contributed by atoms with E-state index < -0.39 is 0 Å². The molecule has 1 aromatic heterocycles. The van der Waals surface area contributed by atoms with Crippen molar-refractivity contribution in [2.45, 2.75) is 33.2 Å². The molecule has 0 atom stereocenters. The van der Waals surface area contributed by atoms with Crippen LogP contribution in [0.5, 0.6) is 11.6 Å². The highest BCUT2D eigenvalue weighted by Crippen LogP contribution is 2.15. The zero-order chi connectivity index (χ0) is 19.3. The van der Waals surface area contributed by atoms with Crippen molar-refractivity contribution in [1.29, 1.82) is 0 Å². The van der Waals surface area contributed by atoms with Crippen molar-refractivity contribution in [2.24, 2.45) is 4.99 Å². The predicted molar refractivity (Wildman–Crippen MR) is 125 cm³/mol. The fraction of sp³-hybridized carbons (Fsp3) is 0.429. The minimum Gasteiger partial charge on any atom is -0.497 e. The summed E-state index contributed by atoms with van der Waals surface area (Å²) in [5.74, 6) is 2.33. The Balaban J connectivity index is 0.00000392. The second-order valence-corrected chi connectivity index (χ2v) is 6.04. The second-order valence-electron chi connectivity index (χ2n) is 6.04. The monoisotopic (exact) mass is 498 g/mol. The maximum absolute atomic E-state index is 5.70. The molecule has 1 aromatic carbocycles. The number of ether oxygens (including phenoxy) is 2. The van der Waals surface area contributed by atoms with Gasteiger partial charge < -0.3 is 20.1 Å². The molecule has 0 spiro atoms. The number of rotatable bonds is 10. The van der Waals surface area contributed by atoms with Crippen molar-refractivity contribution in [1.82, 2.24) is 15.6 Å². The van der Waals surface area contributed by atoms with Crippen LogP contribution in [0.25, 0.3) is 0 Å². The first-order chi connectivity index (χ1) is 13.3. The van der Waals surface area contributed by atoms with Gasteiger partial charge >= 0.3 is 0 Å². The van der Waals surface area contributed by atoms with E-state index in [1.807, 2.05) is 24.3 Å². The molecule has 7 heteroatoms. The quantitative estimate of drug-likeness (QED) is 0.297. The number of benzene rings is 1. The van der Waals surface area contributed by atoms with Gasteiger partial charge in [0.15, 0.2) is 5.96 Å². The van der Waals surface area contributed by atoms with E-state index in [-0.39, 0.29) is 24.0 Å². The summed E-state index contributed by atoms with van der Waals surface area (Å²) < 4.78 is 10.9. The van der Waals surface area contributed by atoms with E-state index in [0.717, 1.165) is 43.2 Å². The molecule has 0 aliphatic rings. The lowest BCUT2D eigenvalue weighted by atomic mass is 10.1. The standard InChI is InChI=1S/C21H30N4O2.HI/c1-4-15-27-20-18(7-6-13-23-20)16-25-21(22-5-2)24-14-12-17-8-10-19(26-3)11-9-17;/h6-11,13H,4-5,12,14-16H2,1-3H3,(H2,22,24,25);1H. The Kier molecular flexibility index (Phi) is 12.0. The van der Waals surface area contributed by atoms with Crippen LogP contribution in [0.3, 0.4) is 0 Å². The molecular formula is C21H31IN4O2. The fourth-order valence-electron chi connectivity index (χ4n) is 2.50. The van der Waals surface area contributed by atoms with Crippen LogP contribution >= 0.6 is 24.0 Å². The summed E-state index contributed by atoms with van der Waals surface area (Å²) >= 11 is 0. The van der Waals surface area contributed by atoms with Gasteiger partial charge in [-0.15, -0.1) is 24.0 Å². The van der Waals surface area contributed by atoms with Gasteiger partial charge in [0.05, 0.1) is 20.3 Å². The molecular weight excluding hydrogens is 467 g/mol. The van der Waals surface area contributed by atoms with Crippen molar-refractivity contribution in [2.75, 3.05) is 26.8 Å². The topological polar surface area (TPSA) is 67.8 Å². The third-order valence-electron chi connectivity index (χ3n) is 3.91. The van der Waals surface area contributed by atoms with E-state index >= 15 is 0 Å². The van der Waals surface area contributed by atoms with Crippen LogP contribution in [0.4, 0.5) is 0 Å². The molecule has 1 heterocycles. The summed E-state index contributed by atoms with van der Waals surface area (Å²) in [4.78, 5) is 8.98. The van der Waals surface area contributed by atoms with E-state index in [1.165, 1.54) is 5.56 Å². The lowest BCUT2D eigenvalue weighted by Gasteiger charge is -2.12. The van der Waals surface area contributed by atoms with Crippen LogP contribution in [-0.2, 0) is 13.0 Å². The van der Waals surface area contributed by atoms with Gasteiger partial charge in [-0.25, -0.2) is 9.98 Å². The molecule has 2 N–H and O–H groups in total. The summed E-state index contributed by atoms with van der Waals surface area (Å²) in [6.07, 6.45) is 3.61. The highest BCUT2D eigenvalue weighted by Gasteiger charge is 2.05. The molecule has 0 saturated carbocycles. The van der Waals surface area contributed by atoms with Gasteiger partial charge in [-0.2, -0.15) is 0 Å². The Morgan fingerprint density at radius 2 is 1.89 bits per heavy atom. The number of halogens is 1. The Labute approximate surface area is 185 Å². The molecule has 6 nitrogen and oxygen atoms in total. The Hall–Kier alpha value is -2.03. The van der Waals surface area contributed by atoms with E-state index in [2.05, 4.69) is 46.6 Å². The van der Waals surface area contributed by atoms with Crippen molar-refractivity contribution < 1.29 is 9.47 Å². The van der Waals surface area contributed by atoms with Crippen molar-refractivity contribution in [3.63, 3.8) is 0 Å². The van der Waals surface area contributed by atoms with Crippen molar-refractivity contribution in [3.8, 4) is 11.6 Å². The predicted octanol–water partition coefficient (Wildman–Crippen LogP) is 3.79. The lowest BCUT2D eigenvalue weighted by molar-refractivity contribution is 0.302. The van der Waals surface area contributed by atoms with E-state index in [1.54, 1.807) is 13.3 Å². The summed E-state index contributed by atoms with van der Waals surface area (Å²) in [6, 6.07) is 12.0. The number of methoxy groups -OCH3 is 1. The second kappa shape index (κ2) is 14.0. The summed E-state index contributed by atoms with van der Waals surface area (Å²) in [7, 11) is 1.68. The molecule has 0 aliphatic heterocycles. The molecule has 2 rings (SSSR count). The lowest BCUT2D eigenvalue weighted by Crippen LogP contribution is -2.38. The molecule has 28 heavy (non-hydrogen) atoms. The summed E-state index contributed by atoms with van der Waals surface area (Å²) in [6.45, 7) is 6.92. The number of aromatic nitrogens is 1. The first kappa shape index (κ1) is 24.0. The minimum absolute atomic E-state index is 0. The molecule has 0 fully saturated rings. The van der Waals surface area contributed by atoms with Gasteiger partial charge in [0, 0.05) is 24.8 Å². The number of guanidine groups is 1. The average molecular weight is 498 g/mol. The van der Waals surface area contributed by atoms with Crippen molar-refractivity contribution >= 4 is 29.9 Å². The van der Waals surface area contributed by atoms with Gasteiger partial charge in [-0.3, -0.25) is 0 Å². The largest absolute Gasteiger partial charge is 0.497 e. The number of nitrogens with zero attached hydrogens (tertiary/aromatic N) is 2. The van der Waals surface area contributed by atoms with E-state index in [9.17, 15) is 0 Å². The van der Waals surface area contributed by atoms with Crippen molar-refractivity contribution in [3.05, 3.63) is 53.7 Å². The van der Waals surface area contributed by atoms with Gasteiger partial charge in [0.2, 0.25) is 5.88 Å². The molecule has 0 saturated heterocycles. The van der Waals surface area contributed by atoms with Gasteiger partial charge in [-0.05, 0) is 43.5 Å². The van der Waals surface area contributed by atoms with Crippen LogP contribution < -0.4 is 20.1 Å². The molecule has 0 aliphatic carbocycles. The third-order valence-corrected chi connectivity index (χ3v) is 3.91. The Morgan fingerprint density at radius 1 is 1.11 bits per heavy atom. The summed E-state index contributed by atoms with van der Waals surface area (Å²) in [5.41, 5.74) is 2.24. The highest BCUT2D eigenvalue weighted by molar-refractivity contribution is 14.0.